The Labute approximate surface area is 160 Å². The van der Waals surface area contributed by atoms with E-state index in [4.69, 9.17) is 4.74 Å². The number of carbonyl (C=O) groups is 2. The second kappa shape index (κ2) is 5.51. The smallest absolute Gasteiger partial charge is 0.262 e. The number of benzene rings is 2. The van der Waals surface area contributed by atoms with E-state index in [1.54, 1.807) is 12.1 Å². The number of halogens is 1. The second-order valence-electron chi connectivity index (χ2n) is 7.52. The SMILES string of the molecule is O=C1c2ccccc2C(=O)N1[C@]1(c2ccc(Br)cc2)C[C@@]2(CCCO2)C1. The maximum absolute atomic E-state index is 13.1. The molecule has 0 aromatic heterocycles. The molecule has 5 heteroatoms. The van der Waals surface area contributed by atoms with Gasteiger partial charge in [-0.15, -0.1) is 0 Å². The lowest BCUT2D eigenvalue weighted by molar-refractivity contribution is -0.140. The molecule has 4 nitrogen and oxygen atoms in total. The molecule has 0 unspecified atom stereocenters. The first-order valence-electron chi connectivity index (χ1n) is 8.93. The molecule has 2 aromatic rings. The van der Waals surface area contributed by atoms with E-state index in [1.165, 1.54) is 4.90 Å². The molecular formula is C21H18BrNO3. The number of nitrogens with zero attached hydrogens (tertiary/aromatic N) is 1. The van der Waals surface area contributed by atoms with Crippen LogP contribution in [0.5, 0.6) is 0 Å². The molecular weight excluding hydrogens is 394 g/mol. The van der Waals surface area contributed by atoms with Gasteiger partial charge in [0.25, 0.3) is 11.8 Å². The standard InChI is InChI=1S/C21H18BrNO3/c22-15-8-6-14(7-9-15)21(12-20(13-21)10-3-11-26-20)23-18(24)16-4-1-2-5-17(16)19(23)25/h1-2,4-9H,3,10-13H2/t20-,21+. The predicted octanol–water partition coefficient (Wildman–Crippen LogP) is 4.28. The van der Waals surface area contributed by atoms with Crippen molar-refractivity contribution in [3.63, 3.8) is 0 Å². The molecule has 2 fully saturated rings. The van der Waals surface area contributed by atoms with Gasteiger partial charge in [-0.05, 0) is 42.7 Å². The highest BCUT2D eigenvalue weighted by Crippen LogP contribution is 2.59. The van der Waals surface area contributed by atoms with Crippen LogP contribution in [-0.4, -0.2) is 28.9 Å². The minimum absolute atomic E-state index is 0.192. The van der Waals surface area contributed by atoms with Gasteiger partial charge in [0.1, 0.15) is 0 Å². The number of fused-ring (bicyclic) bond motifs is 1. The molecule has 3 aliphatic rings. The van der Waals surface area contributed by atoms with Crippen molar-refractivity contribution in [2.75, 3.05) is 6.61 Å². The number of imide groups is 1. The molecule has 0 atom stereocenters. The monoisotopic (exact) mass is 411 g/mol. The Bertz CT molecular complexity index is 872. The molecule has 2 aromatic carbocycles. The van der Waals surface area contributed by atoms with Crippen molar-refractivity contribution < 1.29 is 14.3 Å². The van der Waals surface area contributed by atoms with Crippen LogP contribution in [0.3, 0.4) is 0 Å². The van der Waals surface area contributed by atoms with Gasteiger partial charge in [-0.1, -0.05) is 40.2 Å². The van der Waals surface area contributed by atoms with Crippen molar-refractivity contribution in [1.82, 2.24) is 4.90 Å². The van der Waals surface area contributed by atoms with Crippen LogP contribution < -0.4 is 0 Å². The van der Waals surface area contributed by atoms with Crippen LogP contribution in [0.2, 0.25) is 0 Å². The lowest BCUT2D eigenvalue weighted by Gasteiger charge is -2.57. The fraction of sp³-hybridized carbons (Fsp3) is 0.333. The van der Waals surface area contributed by atoms with Gasteiger partial charge in [-0.25, -0.2) is 0 Å². The molecule has 2 heterocycles. The van der Waals surface area contributed by atoms with Crippen molar-refractivity contribution in [2.45, 2.75) is 36.8 Å². The fourth-order valence-electron chi connectivity index (χ4n) is 4.88. The van der Waals surface area contributed by atoms with Crippen LogP contribution in [0.25, 0.3) is 0 Å². The third kappa shape index (κ3) is 2.10. The summed E-state index contributed by atoms with van der Waals surface area (Å²) in [5.41, 5.74) is 1.18. The van der Waals surface area contributed by atoms with Gasteiger partial charge < -0.3 is 4.74 Å². The lowest BCUT2D eigenvalue weighted by Crippen LogP contribution is -2.64. The van der Waals surface area contributed by atoms with Crippen molar-refractivity contribution in [3.05, 3.63) is 69.7 Å². The zero-order valence-corrected chi connectivity index (χ0v) is 15.8. The van der Waals surface area contributed by atoms with Crippen molar-refractivity contribution in [2.24, 2.45) is 0 Å². The summed E-state index contributed by atoms with van der Waals surface area (Å²) in [6.45, 7) is 0.762. The first-order chi connectivity index (χ1) is 12.5. The first-order valence-corrected chi connectivity index (χ1v) is 9.72. The molecule has 1 saturated carbocycles. The van der Waals surface area contributed by atoms with Crippen molar-refractivity contribution in [1.29, 1.82) is 0 Å². The van der Waals surface area contributed by atoms with Gasteiger partial charge >= 0.3 is 0 Å². The quantitative estimate of drug-likeness (QED) is 0.692. The predicted molar refractivity (Wildman–Crippen MR) is 99.9 cm³/mol. The fourth-order valence-corrected chi connectivity index (χ4v) is 5.14. The summed E-state index contributed by atoms with van der Waals surface area (Å²) >= 11 is 3.47. The summed E-state index contributed by atoms with van der Waals surface area (Å²) < 4.78 is 7.00. The van der Waals surface area contributed by atoms with Crippen LogP contribution in [0, 0.1) is 0 Å². The number of hydrogen-bond donors (Lipinski definition) is 0. The van der Waals surface area contributed by atoms with E-state index >= 15 is 0 Å². The highest BCUT2D eigenvalue weighted by atomic mass is 79.9. The van der Waals surface area contributed by atoms with Gasteiger partial charge in [-0.2, -0.15) is 0 Å². The van der Waals surface area contributed by atoms with E-state index in [9.17, 15) is 9.59 Å². The summed E-state index contributed by atoms with van der Waals surface area (Å²) in [4.78, 5) is 27.8. The first kappa shape index (κ1) is 16.2. The molecule has 5 rings (SSSR count). The van der Waals surface area contributed by atoms with E-state index in [0.717, 1.165) is 29.5 Å². The Morgan fingerprint density at radius 3 is 2.08 bits per heavy atom. The van der Waals surface area contributed by atoms with Gasteiger partial charge in [0.15, 0.2) is 0 Å². The Morgan fingerprint density at radius 1 is 0.923 bits per heavy atom. The van der Waals surface area contributed by atoms with E-state index in [-0.39, 0.29) is 17.4 Å². The molecule has 1 aliphatic carbocycles. The van der Waals surface area contributed by atoms with Gasteiger partial charge in [0, 0.05) is 23.9 Å². The summed E-state index contributed by atoms with van der Waals surface area (Å²) in [6, 6.07) is 15.1. The summed E-state index contributed by atoms with van der Waals surface area (Å²) in [5.74, 6) is -0.386. The summed E-state index contributed by atoms with van der Waals surface area (Å²) in [5, 5.41) is 0. The number of carbonyl (C=O) groups excluding carboxylic acids is 2. The highest BCUT2D eigenvalue weighted by molar-refractivity contribution is 9.10. The van der Waals surface area contributed by atoms with E-state index < -0.39 is 5.54 Å². The Hall–Kier alpha value is -1.98. The minimum Gasteiger partial charge on any atom is -0.375 e. The Morgan fingerprint density at radius 2 is 1.54 bits per heavy atom. The average Bonchev–Trinajstić information content (AvgIpc) is 3.19. The zero-order chi connectivity index (χ0) is 17.9. The topological polar surface area (TPSA) is 46.6 Å². The molecule has 132 valence electrons. The maximum atomic E-state index is 13.1. The molecule has 26 heavy (non-hydrogen) atoms. The number of hydrogen-bond acceptors (Lipinski definition) is 3. The van der Waals surface area contributed by atoms with Crippen molar-refractivity contribution in [3.8, 4) is 0 Å². The van der Waals surface area contributed by atoms with Gasteiger partial charge in [-0.3, -0.25) is 14.5 Å². The number of rotatable bonds is 2. The van der Waals surface area contributed by atoms with Crippen LogP contribution in [-0.2, 0) is 10.3 Å². The molecule has 0 N–H and O–H groups in total. The molecule has 2 amide bonds. The van der Waals surface area contributed by atoms with E-state index in [2.05, 4.69) is 15.9 Å². The van der Waals surface area contributed by atoms with E-state index in [0.29, 0.717) is 24.0 Å². The zero-order valence-electron chi connectivity index (χ0n) is 14.2. The van der Waals surface area contributed by atoms with Crippen LogP contribution in [0.1, 0.15) is 52.0 Å². The number of amides is 2. The van der Waals surface area contributed by atoms with Gasteiger partial charge in [0.2, 0.25) is 0 Å². The van der Waals surface area contributed by atoms with Crippen LogP contribution >= 0.6 is 15.9 Å². The largest absolute Gasteiger partial charge is 0.375 e. The second-order valence-corrected chi connectivity index (χ2v) is 8.43. The molecule has 0 radical (unpaired) electrons. The molecule has 1 spiro atoms. The third-order valence-corrected chi connectivity index (χ3v) is 6.55. The normalized spacial score (nSPS) is 30.0. The molecule has 1 saturated heterocycles. The average molecular weight is 412 g/mol. The highest BCUT2D eigenvalue weighted by Gasteiger charge is 2.64. The lowest BCUT2D eigenvalue weighted by atomic mass is 9.59. The molecule has 2 aliphatic heterocycles. The summed E-state index contributed by atoms with van der Waals surface area (Å²) in [6.07, 6.45) is 3.38. The van der Waals surface area contributed by atoms with Crippen LogP contribution in [0.4, 0.5) is 0 Å². The minimum atomic E-state index is -0.627. The third-order valence-electron chi connectivity index (χ3n) is 6.02. The maximum Gasteiger partial charge on any atom is 0.262 e. The van der Waals surface area contributed by atoms with E-state index in [1.807, 2.05) is 36.4 Å². The summed E-state index contributed by atoms with van der Waals surface area (Å²) in [7, 11) is 0. The number of ether oxygens (including phenoxy) is 1. The van der Waals surface area contributed by atoms with Crippen LogP contribution in [0.15, 0.2) is 53.0 Å². The Kier molecular flexibility index (Phi) is 3.43. The Balaban J connectivity index is 1.61. The van der Waals surface area contributed by atoms with Crippen molar-refractivity contribution >= 4 is 27.7 Å². The molecule has 0 bridgehead atoms. The van der Waals surface area contributed by atoms with Gasteiger partial charge in [0.05, 0.1) is 22.3 Å².